The number of methoxy groups -OCH3 is 1. The van der Waals surface area contributed by atoms with E-state index in [-0.39, 0.29) is 5.97 Å². The molecule has 33 heavy (non-hydrogen) atoms. The molecule has 1 fully saturated rings. The maximum atomic E-state index is 11.5. The number of nitrogens with two attached hydrogens (primary N) is 1. The van der Waals surface area contributed by atoms with Gasteiger partial charge in [-0.2, -0.15) is 0 Å². The Morgan fingerprint density at radius 2 is 1.76 bits per heavy atom. The topological polar surface area (TPSA) is 81.0 Å². The smallest absolute Gasteiger partial charge is 0.305 e. The highest BCUT2D eigenvalue weighted by atomic mass is 16.5. The van der Waals surface area contributed by atoms with Gasteiger partial charge in [-0.05, 0) is 90.8 Å². The van der Waals surface area contributed by atoms with E-state index in [4.69, 9.17) is 15.5 Å². The number of rotatable bonds is 5. The molecule has 1 heterocycles. The Hall–Kier alpha value is -3.34. The molecule has 0 aliphatic heterocycles. The lowest BCUT2D eigenvalue weighted by atomic mass is 9.77. The van der Waals surface area contributed by atoms with Crippen LogP contribution in [0.4, 0.5) is 5.69 Å². The zero-order valence-electron chi connectivity index (χ0n) is 19.1. The first-order valence-corrected chi connectivity index (χ1v) is 11.9. The fourth-order valence-corrected chi connectivity index (χ4v) is 5.24. The summed E-state index contributed by atoms with van der Waals surface area (Å²) in [5.74, 6) is 1.93. The highest BCUT2D eigenvalue weighted by Crippen LogP contribution is 2.38. The van der Waals surface area contributed by atoms with Crippen molar-refractivity contribution < 1.29 is 9.53 Å². The van der Waals surface area contributed by atoms with Crippen molar-refractivity contribution in [3.8, 4) is 0 Å². The van der Waals surface area contributed by atoms with Gasteiger partial charge in [-0.15, -0.1) is 0 Å². The second kappa shape index (κ2) is 9.26. The van der Waals surface area contributed by atoms with Gasteiger partial charge in [0.15, 0.2) is 0 Å². The van der Waals surface area contributed by atoms with E-state index < -0.39 is 0 Å². The first-order chi connectivity index (χ1) is 16.1. The highest BCUT2D eigenvalue weighted by molar-refractivity contribution is 5.83. The number of imidazole rings is 1. The van der Waals surface area contributed by atoms with Crippen molar-refractivity contribution in [3.63, 3.8) is 0 Å². The maximum absolute atomic E-state index is 11.5. The van der Waals surface area contributed by atoms with E-state index in [1.54, 1.807) is 0 Å². The predicted molar refractivity (Wildman–Crippen MR) is 133 cm³/mol. The molecule has 5 heteroatoms. The average Bonchev–Trinajstić information content (AvgIpc) is 3.28. The molecule has 1 saturated carbocycles. The fourth-order valence-electron chi connectivity index (χ4n) is 5.24. The van der Waals surface area contributed by atoms with E-state index in [0.717, 1.165) is 61.1 Å². The van der Waals surface area contributed by atoms with Crippen LogP contribution in [0.1, 0.15) is 67.8 Å². The van der Waals surface area contributed by atoms with Crippen LogP contribution in [0.25, 0.3) is 22.2 Å². The van der Waals surface area contributed by atoms with Crippen LogP contribution in [0.5, 0.6) is 0 Å². The molecule has 5 nitrogen and oxygen atoms in total. The van der Waals surface area contributed by atoms with Crippen molar-refractivity contribution in [2.24, 2.45) is 5.92 Å². The minimum absolute atomic E-state index is 0.0780. The fraction of sp³-hybridized carbons (Fsp3) is 0.357. The van der Waals surface area contributed by atoms with Crippen LogP contribution in [-0.4, -0.2) is 23.0 Å². The SMILES string of the molecule is COC(=O)CC1CCC(c2ccc(C3=CC=C(c4nc5cc(N)ccc5[nH]4)CC3)cc2)CC1. The van der Waals surface area contributed by atoms with Crippen molar-refractivity contribution in [2.45, 2.75) is 50.9 Å². The number of nitrogens with zero attached hydrogens (tertiary/aromatic N) is 1. The van der Waals surface area contributed by atoms with E-state index in [2.05, 4.69) is 41.4 Å². The Labute approximate surface area is 194 Å². The van der Waals surface area contributed by atoms with Crippen molar-refractivity contribution in [3.05, 3.63) is 71.6 Å². The lowest BCUT2D eigenvalue weighted by Crippen LogP contribution is -2.17. The third-order valence-electron chi connectivity index (χ3n) is 7.24. The summed E-state index contributed by atoms with van der Waals surface area (Å²) in [5.41, 5.74) is 13.9. The van der Waals surface area contributed by atoms with Crippen LogP contribution in [-0.2, 0) is 9.53 Å². The van der Waals surface area contributed by atoms with Crippen LogP contribution >= 0.6 is 0 Å². The Bertz CT molecular complexity index is 1210. The summed E-state index contributed by atoms with van der Waals surface area (Å²) in [6, 6.07) is 14.9. The number of nitrogens with one attached hydrogen (secondary N) is 1. The second-order valence-corrected chi connectivity index (χ2v) is 9.37. The third-order valence-corrected chi connectivity index (χ3v) is 7.24. The van der Waals surface area contributed by atoms with Gasteiger partial charge in [0.2, 0.25) is 0 Å². The molecule has 2 aliphatic carbocycles. The summed E-state index contributed by atoms with van der Waals surface area (Å²) < 4.78 is 4.83. The largest absolute Gasteiger partial charge is 0.469 e. The Balaban J connectivity index is 1.24. The van der Waals surface area contributed by atoms with Crippen molar-refractivity contribution in [2.75, 3.05) is 12.8 Å². The number of aromatic amines is 1. The second-order valence-electron chi connectivity index (χ2n) is 9.37. The molecule has 0 atom stereocenters. The predicted octanol–water partition coefficient (Wildman–Crippen LogP) is 6.24. The van der Waals surface area contributed by atoms with Crippen LogP contribution in [0.3, 0.4) is 0 Å². The molecule has 170 valence electrons. The Morgan fingerprint density at radius 1 is 1.03 bits per heavy atom. The molecule has 0 spiro atoms. The quantitative estimate of drug-likeness (QED) is 0.363. The summed E-state index contributed by atoms with van der Waals surface area (Å²) >= 11 is 0. The number of aromatic nitrogens is 2. The summed E-state index contributed by atoms with van der Waals surface area (Å²) in [6.07, 6.45) is 11.5. The molecular weight excluding hydrogens is 410 g/mol. The van der Waals surface area contributed by atoms with Crippen LogP contribution < -0.4 is 5.73 Å². The standard InChI is InChI=1S/C28H31N3O2/c1-33-27(32)16-18-2-4-19(5-3-18)20-6-8-21(9-7-20)22-10-12-23(13-11-22)28-30-25-15-14-24(29)17-26(25)31-28/h6-10,12,14-15,17-19H,2-5,11,13,16,29H2,1H3,(H,30,31). The number of carbonyl (C=O) groups excluding carboxylic acids is 1. The normalized spacial score (nSPS) is 20.9. The number of benzene rings is 2. The van der Waals surface area contributed by atoms with Gasteiger partial charge < -0.3 is 15.5 Å². The van der Waals surface area contributed by atoms with E-state index in [1.807, 2.05) is 18.2 Å². The number of hydrogen-bond acceptors (Lipinski definition) is 4. The lowest BCUT2D eigenvalue weighted by molar-refractivity contribution is -0.142. The molecule has 0 unspecified atom stereocenters. The third kappa shape index (κ3) is 4.72. The molecule has 0 bridgehead atoms. The van der Waals surface area contributed by atoms with Crippen molar-refractivity contribution in [1.29, 1.82) is 0 Å². The van der Waals surface area contributed by atoms with Crippen LogP contribution in [0.2, 0.25) is 0 Å². The number of H-pyrrole nitrogens is 1. The van der Waals surface area contributed by atoms with Gasteiger partial charge in [0.25, 0.3) is 0 Å². The molecule has 2 aliphatic rings. The van der Waals surface area contributed by atoms with Crippen LogP contribution in [0.15, 0.2) is 54.6 Å². The molecule has 1 aromatic heterocycles. The molecule has 3 aromatic rings. The zero-order valence-corrected chi connectivity index (χ0v) is 19.1. The van der Waals surface area contributed by atoms with E-state index in [9.17, 15) is 4.79 Å². The van der Waals surface area contributed by atoms with E-state index >= 15 is 0 Å². The summed E-state index contributed by atoms with van der Waals surface area (Å²) in [5, 5.41) is 0. The average molecular weight is 442 g/mol. The Morgan fingerprint density at radius 3 is 2.45 bits per heavy atom. The van der Waals surface area contributed by atoms with E-state index in [1.165, 1.54) is 29.4 Å². The van der Waals surface area contributed by atoms with Gasteiger partial charge >= 0.3 is 5.97 Å². The molecule has 3 N–H and O–H groups in total. The van der Waals surface area contributed by atoms with Crippen molar-refractivity contribution >= 4 is 33.8 Å². The zero-order chi connectivity index (χ0) is 22.8. The van der Waals surface area contributed by atoms with Gasteiger partial charge in [-0.3, -0.25) is 4.79 Å². The molecule has 0 radical (unpaired) electrons. The number of hydrogen-bond donors (Lipinski definition) is 2. The molecule has 0 saturated heterocycles. The van der Waals surface area contributed by atoms with Gasteiger partial charge in [0.1, 0.15) is 5.82 Å². The minimum Gasteiger partial charge on any atom is -0.469 e. The number of anilines is 1. The number of allylic oxidation sites excluding steroid dienone is 4. The number of esters is 1. The van der Waals surface area contributed by atoms with Gasteiger partial charge in [0, 0.05) is 12.1 Å². The minimum atomic E-state index is -0.0780. The van der Waals surface area contributed by atoms with E-state index in [0.29, 0.717) is 18.3 Å². The lowest BCUT2D eigenvalue weighted by Gasteiger charge is -2.28. The highest BCUT2D eigenvalue weighted by Gasteiger charge is 2.24. The molecular formula is C28H31N3O2. The first kappa shape index (κ1) is 21.5. The number of nitrogen functional groups attached to an aromatic ring is 1. The van der Waals surface area contributed by atoms with Gasteiger partial charge in [-0.25, -0.2) is 4.98 Å². The monoisotopic (exact) mass is 441 g/mol. The first-order valence-electron chi connectivity index (χ1n) is 11.9. The van der Waals surface area contributed by atoms with Gasteiger partial charge in [0.05, 0.1) is 18.1 Å². The summed E-state index contributed by atoms with van der Waals surface area (Å²) in [6.45, 7) is 0. The maximum Gasteiger partial charge on any atom is 0.305 e. The number of carbonyl (C=O) groups is 1. The Kier molecular flexibility index (Phi) is 6.03. The number of ether oxygens (including phenoxy) is 1. The van der Waals surface area contributed by atoms with Crippen LogP contribution in [0, 0.1) is 5.92 Å². The van der Waals surface area contributed by atoms with Crippen molar-refractivity contribution in [1.82, 2.24) is 9.97 Å². The number of fused-ring (bicyclic) bond motifs is 1. The summed E-state index contributed by atoms with van der Waals surface area (Å²) in [7, 11) is 1.48. The molecule has 2 aromatic carbocycles. The molecule has 5 rings (SSSR count). The summed E-state index contributed by atoms with van der Waals surface area (Å²) in [4.78, 5) is 19.7. The molecule has 0 amide bonds. The van der Waals surface area contributed by atoms with Gasteiger partial charge in [-0.1, -0.05) is 36.4 Å².